The summed E-state index contributed by atoms with van der Waals surface area (Å²) in [6, 6.07) is 0. The fraction of sp³-hybridized carbons (Fsp3) is 0.912. The van der Waals surface area contributed by atoms with Gasteiger partial charge in [0.05, 0.1) is 0 Å². The lowest BCUT2D eigenvalue weighted by Crippen LogP contribution is -2.39. The largest absolute Gasteiger partial charge is 0.508 e. The van der Waals surface area contributed by atoms with Crippen molar-refractivity contribution in [2.75, 3.05) is 52.5 Å². The fourth-order valence-electron chi connectivity index (χ4n) is 5.06. The number of nitrogens with zero attached hydrogens (tertiary/aromatic N) is 2. The maximum Gasteiger partial charge on any atom is 0.508 e. The third kappa shape index (κ3) is 27.4. The molecule has 0 amide bonds. The summed E-state index contributed by atoms with van der Waals surface area (Å²) in [5, 5.41) is 8.75. The molecule has 0 heterocycles. The van der Waals surface area contributed by atoms with Crippen molar-refractivity contribution in [2.45, 2.75) is 149 Å². The summed E-state index contributed by atoms with van der Waals surface area (Å²) >= 11 is 0. The van der Waals surface area contributed by atoms with E-state index in [4.69, 9.17) is 19.3 Å². The zero-order valence-corrected chi connectivity index (χ0v) is 28.3. The number of carboxylic acid groups (broad SMARTS) is 1. The van der Waals surface area contributed by atoms with Crippen LogP contribution >= 0.6 is 0 Å². The van der Waals surface area contributed by atoms with E-state index in [1.165, 1.54) is 12.8 Å². The van der Waals surface area contributed by atoms with E-state index in [9.17, 15) is 14.4 Å². The molecule has 9 nitrogen and oxygen atoms in total. The van der Waals surface area contributed by atoms with E-state index in [-0.39, 0.29) is 25.1 Å². The predicted molar refractivity (Wildman–Crippen MR) is 173 cm³/mol. The number of carboxylic acids is 1. The molecule has 1 atom stereocenters. The van der Waals surface area contributed by atoms with E-state index < -0.39 is 12.1 Å². The van der Waals surface area contributed by atoms with Crippen molar-refractivity contribution in [2.24, 2.45) is 0 Å². The highest BCUT2D eigenvalue weighted by atomic mass is 16.7. The molecule has 0 aromatic heterocycles. The molecule has 0 saturated heterocycles. The smallest absolute Gasteiger partial charge is 0.481 e. The maximum atomic E-state index is 12.6. The quantitative estimate of drug-likeness (QED) is 0.0617. The van der Waals surface area contributed by atoms with E-state index in [2.05, 4.69) is 37.5 Å². The van der Waals surface area contributed by atoms with Crippen LogP contribution in [0.4, 0.5) is 4.79 Å². The second-order valence-corrected chi connectivity index (χ2v) is 11.6. The van der Waals surface area contributed by atoms with Crippen molar-refractivity contribution >= 4 is 18.1 Å². The highest BCUT2D eigenvalue weighted by molar-refractivity contribution is 5.69. The summed E-state index contributed by atoms with van der Waals surface area (Å²) in [5.74, 6) is -0.862. The third-order valence-electron chi connectivity index (χ3n) is 7.97. The number of ether oxygens (including phenoxy) is 3. The van der Waals surface area contributed by atoms with Crippen LogP contribution in [0.5, 0.6) is 0 Å². The van der Waals surface area contributed by atoms with Gasteiger partial charge in [-0.25, -0.2) is 4.79 Å². The van der Waals surface area contributed by atoms with Gasteiger partial charge in [-0.1, -0.05) is 91.9 Å². The van der Waals surface area contributed by atoms with Crippen molar-refractivity contribution in [1.82, 2.24) is 9.80 Å². The van der Waals surface area contributed by atoms with Gasteiger partial charge in [0.15, 0.2) is 0 Å². The first-order valence-electron chi connectivity index (χ1n) is 17.5. The van der Waals surface area contributed by atoms with Gasteiger partial charge in [-0.05, 0) is 51.6 Å². The van der Waals surface area contributed by atoms with Crippen LogP contribution in [-0.2, 0) is 23.8 Å². The standard InChI is InChI=1S/C34H66N2O7/c1-5-9-11-17-21-31(22-18-15-13-14-16-19-23-32(37)38)43-34(40)42-30-28-36(26-25-35(7-3)8-4)27-29-41-33(39)24-20-12-10-6-2/h31H,5-30H2,1-4H3,(H,37,38). The number of unbranched alkanes of at least 4 members (excludes halogenated alkanes) is 11. The van der Waals surface area contributed by atoms with Crippen molar-refractivity contribution in [3.05, 3.63) is 0 Å². The average Bonchev–Trinajstić information content (AvgIpc) is 2.98. The summed E-state index contributed by atoms with van der Waals surface area (Å²) < 4.78 is 16.8. The first kappa shape index (κ1) is 41.1. The maximum absolute atomic E-state index is 12.6. The minimum atomic E-state index is -0.726. The number of rotatable bonds is 31. The molecule has 0 aromatic rings. The molecule has 1 unspecified atom stereocenters. The van der Waals surface area contributed by atoms with Gasteiger partial charge >= 0.3 is 18.1 Å². The molecular weight excluding hydrogens is 548 g/mol. The van der Waals surface area contributed by atoms with Crippen LogP contribution in [0.15, 0.2) is 0 Å². The lowest BCUT2D eigenvalue weighted by Gasteiger charge is -2.26. The van der Waals surface area contributed by atoms with Gasteiger partial charge in [0, 0.05) is 39.0 Å². The Hall–Kier alpha value is -1.87. The van der Waals surface area contributed by atoms with Crippen molar-refractivity contribution in [1.29, 1.82) is 0 Å². The van der Waals surface area contributed by atoms with E-state index in [1.807, 2.05) is 0 Å². The second kappa shape index (κ2) is 30.2. The summed E-state index contributed by atoms with van der Waals surface area (Å²) in [4.78, 5) is 39.9. The van der Waals surface area contributed by atoms with Gasteiger partial charge in [-0.2, -0.15) is 0 Å². The van der Waals surface area contributed by atoms with Gasteiger partial charge in [-0.15, -0.1) is 0 Å². The molecule has 0 aliphatic rings. The van der Waals surface area contributed by atoms with E-state index in [0.717, 1.165) is 116 Å². The van der Waals surface area contributed by atoms with Crippen LogP contribution in [0.2, 0.25) is 0 Å². The molecule has 0 bridgehead atoms. The third-order valence-corrected chi connectivity index (χ3v) is 7.97. The Bertz CT molecular complexity index is 673. The molecule has 0 aromatic carbocycles. The molecule has 0 spiro atoms. The summed E-state index contributed by atoms with van der Waals surface area (Å²) in [6.07, 6.45) is 16.3. The van der Waals surface area contributed by atoms with E-state index >= 15 is 0 Å². The molecule has 9 heteroatoms. The Morgan fingerprint density at radius 2 is 1.07 bits per heavy atom. The van der Waals surface area contributed by atoms with Crippen molar-refractivity contribution in [3.63, 3.8) is 0 Å². The lowest BCUT2D eigenvalue weighted by atomic mass is 10.0. The zero-order chi connectivity index (χ0) is 32.0. The molecule has 43 heavy (non-hydrogen) atoms. The Morgan fingerprint density at radius 1 is 0.581 bits per heavy atom. The Kier molecular flexibility index (Phi) is 28.9. The molecule has 1 N–H and O–H groups in total. The van der Waals surface area contributed by atoms with Crippen molar-refractivity contribution < 1.29 is 33.7 Å². The molecule has 0 rings (SSSR count). The average molecular weight is 615 g/mol. The molecule has 0 saturated carbocycles. The first-order chi connectivity index (χ1) is 20.9. The number of hydrogen-bond acceptors (Lipinski definition) is 8. The van der Waals surface area contributed by atoms with Gasteiger partial charge in [0.1, 0.15) is 19.3 Å². The summed E-state index contributed by atoms with van der Waals surface area (Å²) in [5.41, 5.74) is 0. The summed E-state index contributed by atoms with van der Waals surface area (Å²) in [6.45, 7) is 14.1. The number of hydrogen-bond donors (Lipinski definition) is 1. The highest BCUT2D eigenvalue weighted by Gasteiger charge is 2.17. The molecule has 0 fully saturated rings. The minimum absolute atomic E-state index is 0.133. The lowest BCUT2D eigenvalue weighted by molar-refractivity contribution is -0.144. The van der Waals surface area contributed by atoms with Crippen LogP contribution in [0.3, 0.4) is 0 Å². The monoisotopic (exact) mass is 614 g/mol. The van der Waals surface area contributed by atoms with Crippen LogP contribution < -0.4 is 0 Å². The van der Waals surface area contributed by atoms with Crippen LogP contribution in [-0.4, -0.2) is 91.6 Å². The van der Waals surface area contributed by atoms with Gasteiger partial charge in [0.25, 0.3) is 0 Å². The van der Waals surface area contributed by atoms with Gasteiger partial charge in [0.2, 0.25) is 0 Å². The van der Waals surface area contributed by atoms with E-state index in [0.29, 0.717) is 26.1 Å². The second-order valence-electron chi connectivity index (χ2n) is 11.6. The van der Waals surface area contributed by atoms with Gasteiger partial charge < -0.3 is 24.2 Å². The Balaban J connectivity index is 4.61. The normalized spacial score (nSPS) is 12.0. The van der Waals surface area contributed by atoms with Crippen LogP contribution in [0.1, 0.15) is 143 Å². The Labute approximate surface area is 263 Å². The first-order valence-corrected chi connectivity index (χ1v) is 17.5. The van der Waals surface area contributed by atoms with Crippen LogP contribution in [0, 0.1) is 0 Å². The van der Waals surface area contributed by atoms with Crippen molar-refractivity contribution in [3.8, 4) is 0 Å². The molecule has 0 aliphatic heterocycles. The topological polar surface area (TPSA) is 106 Å². The SMILES string of the molecule is CCCCCCC(=O)OCCN(CCOC(=O)OC(CCCCCC)CCCCCCCCC(=O)O)CCN(CC)CC. The molecule has 0 radical (unpaired) electrons. The predicted octanol–water partition coefficient (Wildman–Crippen LogP) is 7.84. The van der Waals surface area contributed by atoms with Gasteiger partial charge in [-0.3, -0.25) is 14.5 Å². The summed E-state index contributed by atoms with van der Waals surface area (Å²) in [7, 11) is 0. The zero-order valence-electron chi connectivity index (χ0n) is 28.3. The molecule has 254 valence electrons. The highest BCUT2D eigenvalue weighted by Crippen LogP contribution is 2.17. The number of aliphatic carboxylic acids is 1. The number of carbonyl (C=O) groups is 3. The molecule has 0 aliphatic carbocycles. The fourth-order valence-corrected chi connectivity index (χ4v) is 5.06. The van der Waals surface area contributed by atoms with E-state index in [1.54, 1.807) is 0 Å². The minimum Gasteiger partial charge on any atom is -0.481 e. The number of likely N-dealkylation sites (N-methyl/N-ethyl adjacent to an activating group) is 1. The number of carbonyl (C=O) groups excluding carboxylic acids is 2. The van der Waals surface area contributed by atoms with Crippen LogP contribution in [0.25, 0.3) is 0 Å². The molecular formula is C34H66N2O7. The Morgan fingerprint density at radius 3 is 1.65 bits per heavy atom. The number of esters is 1.